The summed E-state index contributed by atoms with van der Waals surface area (Å²) in [5.41, 5.74) is 0.779. The summed E-state index contributed by atoms with van der Waals surface area (Å²) >= 11 is 4.47. The maximum absolute atomic E-state index is 12.1. The molecular formula is C12H14BrN3O2S2. The number of hydrogen-bond donors (Lipinski definition) is 1. The van der Waals surface area contributed by atoms with Crippen LogP contribution >= 0.6 is 27.3 Å². The van der Waals surface area contributed by atoms with E-state index in [1.165, 1.54) is 11.3 Å². The van der Waals surface area contributed by atoms with Gasteiger partial charge in [-0.2, -0.15) is 0 Å². The zero-order valence-corrected chi connectivity index (χ0v) is 13.9. The first-order valence-electron chi connectivity index (χ1n) is 6.34. The van der Waals surface area contributed by atoms with Crippen LogP contribution in [0, 0.1) is 0 Å². The maximum Gasteiger partial charge on any atom is 0.250 e. The van der Waals surface area contributed by atoms with Gasteiger partial charge in [0.2, 0.25) is 10.0 Å². The molecule has 0 amide bonds. The predicted molar refractivity (Wildman–Crippen MR) is 81.2 cm³/mol. The minimum Gasteiger partial charge on any atom is -0.335 e. The Kier molecular flexibility index (Phi) is 3.98. The van der Waals surface area contributed by atoms with Crippen molar-refractivity contribution in [3.8, 4) is 0 Å². The second-order valence-electron chi connectivity index (χ2n) is 4.68. The van der Waals surface area contributed by atoms with Gasteiger partial charge in [-0.1, -0.05) is 0 Å². The molecule has 0 saturated heterocycles. The van der Waals surface area contributed by atoms with Gasteiger partial charge in [-0.25, -0.2) is 18.1 Å². The number of nitrogens with zero attached hydrogens (tertiary/aromatic N) is 2. The summed E-state index contributed by atoms with van der Waals surface area (Å²) in [5, 5.41) is 0. The van der Waals surface area contributed by atoms with Gasteiger partial charge < -0.3 is 4.57 Å². The third kappa shape index (κ3) is 2.98. The highest BCUT2D eigenvalue weighted by Gasteiger charge is 2.18. The number of fused-ring (bicyclic) bond motifs is 1. The van der Waals surface area contributed by atoms with Crippen molar-refractivity contribution in [1.29, 1.82) is 0 Å². The van der Waals surface area contributed by atoms with E-state index in [4.69, 9.17) is 0 Å². The molecule has 1 N–H and O–H groups in total. The van der Waals surface area contributed by atoms with Gasteiger partial charge in [-0.05, 0) is 40.9 Å². The first-order valence-corrected chi connectivity index (χ1v) is 9.44. The first kappa shape index (κ1) is 14.2. The SMILES string of the molecule is O=S(=O)(NCc1cn2c(n1)CCCC2)c1ccc(Br)s1. The summed E-state index contributed by atoms with van der Waals surface area (Å²) in [4.78, 5) is 4.48. The monoisotopic (exact) mass is 375 g/mol. The number of hydrogen-bond acceptors (Lipinski definition) is 4. The van der Waals surface area contributed by atoms with Crippen LogP contribution in [-0.2, 0) is 29.5 Å². The number of sulfonamides is 1. The zero-order chi connectivity index (χ0) is 14.2. The number of nitrogens with one attached hydrogen (secondary N) is 1. The van der Waals surface area contributed by atoms with Crippen molar-refractivity contribution >= 4 is 37.3 Å². The van der Waals surface area contributed by atoms with Gasteiger partial charge in [-0.15, -0.1) is 11.3 Å². The topological polar surface area (TPSA) is 64.0 Å². The van der Waals surface area contributed by atoms with Crippen LogP contribution in [0.4, 0.5) is 0 Å². The Labute approximate surface area is 130 Å². The van der Waals surface area contributed by atoms with Crippen molar-refractivity contribution in [3.63, 3.8) is 0 Å². The van der Waals surface area contributed by atoms with Crippen molar-refractivity contribution < 1.29 is 8.42 Å². The van der Waals surface area contributed by atoms with Crippen LogP contribution in [0.25, 0.3) is 0 Å². The Bertz CT molecular complexity index is 697. The number of aromatic nitrogens is 2. The fourth-order valence-corrected chi connectivity index (χ4v) is 5.29. The third-order valence-corrected chi connectivity index (χ3v) is 6.73. The van der Waals surface area contributed by atoms with E-state index in [0.29, 0.717) is 4.21 Å². The molecule has 5 nitrogen and oxygen atoms in total. The molecule has 0 atom stereocenters. The largest absolute Gasteiger partial charge is 0.335 e. The van der Waals surface area contributed by atoms with Crippen LogP contribution in [0.3, 0.4) is 0 Å². The molecule has 3 rings (SSSR count). The lowest BCUT2D eigenvalue weighted by molar-refractivity contribution is 0.522. The standard InChI is InChI=1S/C12H14BrN3O2S2/c13-10-4-5-12(19-10)20(17,18)14-7-9-8-16-6-2-1-3-11(16)15-9/h4-5,8,14H,1-3,6-7H2. The summed E-state index contributed by atoms with van der Waals surface area (Å²) in [6.07, 6.45) is 5.25. The molecule has 0 fully saturated rings. The Hall–Kier alpha value is -0.700. The van der Waals surface area contributed by atoms with Crippen LogP contribution < -0.4 is 4.72 Å². The Morgan fingerprint density at radius 3 is 2.95 bits per heavy atom. The zero-order valence-electron chi connectivity index (χ0n) is 10.7. The van der Waals surface area contributed by atoms with Crippen molar-refractivity contribution in [2.24, 2.45) is 0 Å². The highest BCUT2D eigenvalue weighted by molar-refractivity contribution is 9.11. The van der Waals surface area contributed by atoms with Crippen molar-refractivity contribution in [3.05, 3.63) is 33.6 Å². The lowest BCUT2D eigenvalue weighted by atomic mass is 10.2. The lowest BCUT2D eigenvalue weighted by Gasteiger charge is -2.11. The summed E-state index contributed by atoms with van der Waals surface area (Å²) < 4.78 is 30.0. The van der Waals surface area contributed by atoms with Gasteiger partial charge in [0.1, 0.15) is 10.0 Å². The minimum absolute atomic E-state index is 0.234. The normalized spacial score (nSPS) is 15.2. The molecule has 0 aromatic carbocycles. The van der Waals surface area contributed by atoms with Crippen molar-refractivity contribution in [2.45, 2.75) is 36.6 Å². The van der Waals surface area contributed by atoms with Crippen LogP contribution in [0.2, 0.25) is 0 Å². The average molecular weight is 376 g/mol. The molecule has 0 unspecified atom stereocenters. The smallest absolute Gasteiger partial charge is 0.250 e. The number of imidazole rings is 1. The van der Waals surface area contributed by atoms with Gasteiger partial charge in [-0.3, -0.25) is 0 Å². The minimum atomic E-state index is -3.45. The van der Waals surface area contributed by atoms with E-state index in [2.05, 4.69) is 30.2 Å². The molecule has 0 bridgehead atoms. The Balaban J connectivity index is 1.71. The van der Waals surface area contributed by atoms with Gasteiger partial charge in [0.25, 0.3) is 0 Å². The predicted octanol–water partition coefficient (Wildman–Crippen LogP) is 2.52. The summed E-state index contributed by atoms with van der Waals surface area (Å²) in [5.74, 6) is 1.06. The van der Waals surface area contributed by atoms with Gasteiger partial charge in [0.05, 0.1) is 16.0 Å². The van der Waals surface area contributed by atoms with E-state index < -0.39 is 10.0 Å². The molecule has 0 saturated carbocycles. The van der Waals surface area contributed by atoms with E-state index in [1.807, 2.05) is 6.20 Å². The average Bonchev–Trinajstić information content (AvgIpc) is 3.02. The molecule has 108 valence electrons. The van der Waals surface area contributed by atoms with E-state index >= 15 is 0 Å². The molecule has 1 aliphatic heterocycles. The van der Waals surface area contributed by atoms with Crippen molar-refractivity contribution in [2.75, 3.05) is 0 Å². The Morgan fingerprint density at radius 1 is 1.40 bits per heavy atom. The van der Waals surface area contributed by atoms with Crippen LogP contribution in [0.1, 0.15) is 24.4 Å². The van der Waals surface area contributed by atoms with Gasteiger partial charge in [0.15, 0.2) is 0 Å². The Morgan fingerprint density at radius 2 is 2.25 bits per heavy atom. The quantitative estimate of drug-likeness (QED) is 0.892. The van der Waals surface area contributed by atoms with Crippen LogP contribution in [0.15, 0.2) is 26.3 Å². The summed E-state index contributed by atoms with van der Waals surface area (Å²) in [6, 6.07) is 3.32. The van der Waals surface area contributed by atoms with Crippen LogP contribution in [-0.4, -0.2) is 18.0 Å². The molecule has 0 radical (unpaired) electrons. The number of thiophene rings is 1. The van der Waals surface area contributed by atoms with Crippen molar-refractivity contribution in [1.82, 2.24) is 14.3 Å². The van der Waals surface area contributed by atoms with Gasteiger partial charge in [0, 0.05) is 19.2 Å². The van der Waals surface area contributed by atoms with Crippen LogP contribution in [0.5, 0.6) is 0 Å². The summed E-state index contributed by atoms with van der Waals surface area (Å²) in [6.45, 7) is 1.21. The molecule has 20 heavy (non-hydrogen) atoms. The third-order valence-electron chi connectivity index (χ3n) is 3.22. The molecule has 0 spiro atoms. The second-order valence-corrected chi connectivity index (χ2v) is 9.14. The molecule has 2 aromatic heterocycles. The van der Waals surface area contributed by atoms with E-state index in [0.717, 1.165) is 41.1 Å². The highest BCUT2D eigenvalue weighted by atomic mass is 79.9. The van der Waals surface area contributed by atoms with E-state index in [9.17, 15) is 8.42 Å². The second kappa shape index (κ2) is 5.59. The fourth-order valence-electron chi connectivity index (χ4n) is 2.24. The number of rotatable bonds is 4. The molecule has 3 heterocycles. The molecule has 0 aliphatic carbocycles. The molecule has 1 aliphatic rings. The van der Waals surface area contributed by atoms with E-state index in [1.54, 1.807) is 12.1 Å². The first-order chi connectivity index (χ1) is 9.54. The lowest BCUT2D eigenvalue weighted by Crippen LogP contribution is -2.22. The van der Waals surface area contributed by atoms with Gasteiger partial charge >= 0.3 is 0 Å². The highest BCUT2D eigenvalue weighted by Crippen LogP contribution is 2.26. The molecular weight excluding hydrogens is 362 g/mol. The molecule has 8 heteroatoms. The fraction of sp³-hybridized carbons (Fsp3) is 0.417. The number of halogens is 1. The van der Waals surface area contributed by atoms with E-state index in [-0.39, 0.29) is 6.54 Å². The molecule has 2 aromatic rings. The summed E-state index contributed by atoms with van der Waals surface area (Å²) in [7, 11) is -3.45. The number of aryl methyl sites for hydroxylation is 2. The maximum atomic E-state index is 12.1.